The van der Waals surface area contributed by atoms with Crippen LogP contribution in [0.5, 0.6) is 0 Å². The molecule has 0 saturated heterocycles. The van der Waals surface area contributed by atoms with Crippen molar-refractivity contribution in [1.82, 2.24) is 10.3 Å². The van der Waals surface area contributed by atoms with Crippen molar-refractivity contribution in [3.8, 4) is 0 Å². The summed E-state index contributed by atoms with van der Waals surface area (Å²) < 4.78 is 0.780. The Labute approximate surface area is 131 Å². The summed E-state index contributed by atoms with van der Waals surface area (Å²) in [6, 6.07) is 13.8. The number of H-pyrrole nitrogens is 1. The van der Waals surface area contributed by atoms with Gasteiger partial charge in [-0.15, -0.1) is 11.3 Å². The summed E-state index contributed by atoms with van der Waals surface area (Å²) in [6.07, 6.45) is 0. The van der Waals surface area contributed by atoms with Crippen molar-refractivity contribution in [2.24, 2.45) is 0 Å². The van der Waals surface area contributed by atoms with Crippen molar-refractivity contribution >= 4 is 33.8 Å². The van der Waals surface area contributed by atoms with Crippen LogP contribution in [-0.4, -0.2) is 4.98 Å². The maximum Gasteiger partial charge on any atom is 0.252 e. The quantitative estimate of drug-likeness (QED) is 0.761. The molecule has 21 heavy (non-hydrogen) atoms. The van der Waals surface area contributed by atoms with Crippen molar-refractivity contribution in [3.63, 3.8) is 0 Å². The van der Waals surface area contributed by atoms with Crippen LogP contribution >= 0.6 is 22.9 Å². The number of pyridine rings is 1. The number of aromatic amines is 1. The predicted molar refractivity (Wildman–Crippen MR) is 89.2 cm³/mol. The molecular formula is C16H15ClN2OS. The van der Waals surface area contributed by atoms with E-state index < -0.39 is 0 Å². The van der Waals surface area contributed by atoms with Crippen molar-refractivity contribution in [1.29, 1.82) is 0 Å². The smallest absolute Gasteiger partial charge is 0.252 e. The monoisotopic (exact) mass is 318 g/mol. The molecule has 0 amide bonds. The highest BCUT2D eigenvalue weighted by atomic mass is 35.5. The fourth-order valence-corrected chi connectivity index (χ4v) is 3.34. The normalized spacial score (nSPS) is 12.7. The lowest BCUT2D eigenvalue weighted by molar-refractivity contribution is 0.580. The minimum absolute atomic E-state index is 0.0439. The molecule has 0 saturated carbocycles. The van der Waals surface area contributed by atoms with E-state index in [0.29, 0.717) is 6.54 Å². The average molecular weight is 319 g/mol. The Balaban J connectivity index is 1.78. The first-order valence-electron chi connectivity index (χ1n) is 6.73. The van der Waals surface area contributed by atoms with E-state index in [2.05, 4.69) is 17.2 Å². The third kappa shape index (κ3) is 3.18. The summed E-state index contributed by atoms with van der Waals surface area (Å²) in [4.78, 5) is 16.1. The van der Waals surface area contributed by atoms with Gasteiger partial charge in [0.05, 0.1) is 4.34 Å². The molecule has 3 rings (SSSR count). The first-order chi connectivity index (χ1) is 10.1. The number of benzene rings is 1. The Bertz CT molecular complexity index is 824. The summed E-state index contributed by atoms with van der Waals surface area (Å²) in [5.41, 5.74) is 1.56. The first-order valence-corrected chi connectivity index (χ1v) is 7.92. The lowest BCUT2D eigenvalue weighted by atomic mass is 10.1. The number of fused-ring (bicyclic) bond motifs is 1. The van der Waals surface area contributed by atoms with Crippen LogP contribution < -0.4 is 10.9 Å². The van der Waals surface area contributed by atoms with E-state index >= 15 is 0 Å². The van der Waals surface area contributed by atoms with Crippen LogP contribution in [0.2, 0.25) is 4.34 Å². The van der Waals surface area contributed by atoms with Gasteiger partial charge in [-0.2, -0.15) is 0 Å². The molecule has 1 atom stereocenters. The molecule has 5 heteroatoms. The Kier molecular flexibility index (Phi) is 4.10. The van der Waals surface area contributed by atoms with Crippen molar-refractivity contribution < 1.29 is 0 Å². The van der Waals surface area contributed by atoms with Gasteiger partial charge in [-0.1, -0.05) is 29.8 Å². The predicted octanol–water partition coefficient (Wildman–Crippen LogP) is 4.09. The molecule has 1 aromatic carbocycles. The molecule has 1 unspecified atom stereocenters. The van der Waals surface area contributed by atoms with E-state index in [9.17, 15) is 4.79 Å². The second-order valence-electron chi connectivity index (χ2n) is 4.96. The largest absolute Gasteiger partial charge is 0.322 e. The van der Waals surface area contributed by atoms with Gasteiger partial charge in [0, 0.05) is 28.5 Å². The highest BCUT2D eigenvalue weighted by molar-refractivity contribution is 7.16. The molecule has 3 nitrogen and oxygen atoms in total. The van der Waals surface area contributed by atoms with Crippen LogP contribution in [0, 0.1) is 0 Å². The number of para-hydroxylation sites is 1. The van der Waals surface area contributed by atoms with E-state index in [1.54, 1.807) is 11.3 Å². The van der Waals surface area contributed by atoms with Gasteiger partial charge in [-0.3, -0.25) is 4.79 Å². The van der Waals surface area contributed by atoms with Crippen LogP contribution in [0.4, 0.5) is 0 Å². The standard InChI is InChI=1S/C16H15ClN2OS/c1-10(14-6-7-15(17)21-14)18-9-12-8-11-4-2-3-5-13(11)19-16(12)20/h2-8,10,18H,9H2,1H3,(H,19,20). The minimum atomic E-state index is -0.0439. The molecule has 3 aromatic rings. The Hall–Kier alpha value is -1.62. The van der Waals surface area contributed by atoms with Gasteiger partial charge < -0.3 is 10.3 Å². The molecule has 0 fully saturated rings. The summed E-state index contributed by atoms with van der Waals surface area (Å²) in [7, 11) is 0. The summed E-state index contributed by atoms with van der Waals surface area (Å²) in [5, 5.41) is 4.41. The third-order valence-corrected chi connectivity index (χ3v) is 4.86. The molecule has 0 aliphatic rings. The molecule has 0 aliphatic heterocycles. The zero-order valence-electron chi connectivity index (χ0n) is 11.5. The molecule has 0 aliphatic carbocycles. The topological polar surface area (TPSA) is 44.9 Å². The maximum atomic E-state index is 12.1. The molecule has 2 heterocycles. The van der Waals surface area contributed by atoms with Gasteiger partial charge in [0.2, 0.25) is 0 Å². The molecule has 2 N–H and O–H groups in total. The van der Waals surface area contributed by atoms with Crippen LogP contribution in [0.1, 0.15) is 23.4 Å². The highest BCUT2D eigenvalue weighted by Crippen LogP contribution is 2.26. The fourth-order valence-electron chi connectivity index (χ4n) is 2.25. The summed E-state index contributed by atoms with van der Waals surface area (Å²) in [5.74, 6) is 0. The highest BCUT2D eigenvalue weighted by Gasteiger charge is 2.09. The number of thiophene rings is 1. The summed E-state index contributed by atoms with van der Waals surface area (Å²) in [6.45, 7) is 2.59. The van der Waals surface area contributed by atoms with Crippen molar-refractivity contribution in [2.75, 3.05) is 0 Å². The van der Waals surface area contributed by atoms with E-state index in [4.69, 9.17) is 11.6 Å². The van der Waals surface area contributed by atoms with Gasteiger partial charge >= 0.3 is 0 Å². The molecule has 0 bridgehead atoms. The number of rotatable bonds is 4. The average Bonchev–Trinajstić information content (AvgIpc) is 2.91. The first kappa shape index (κ1) is 14.3. The number of aromatic nitrogens is 1. The second kappa shape index (κ2) is 6.02. The third-order valence-electron chi connectivity index (χ3n) is 3.45. The van der Waals surface area contributed by atoms with Crippen LogP contribution in [0.15, 0.2) is 47.3 Å². The van der Waals surface area contributed by atoms with E-state index in [0.717, 1.165) is 25.7 Å². The van der Waals surface area contributed by atoms with Crippen molar-refractivity contribution in [2.45, 2.75) is 19.5 Å². The fraction of sp³-hybridized carbons (Fsp3) is 0.188. The molecule has 2 aromatic heterocycles. The van der Waals surface area contributed by atoms with Crippen LogP contribution in [0.3, 0.4) is 0 Å². The Morgan fingerprint density at radius 3 is 2.86 bits per heavy atom. The van der Waals surface area contributed by atoms with Crippen molar-refractivity contribution in [3.05, 3.63) is 67.6 Å². The molecule has 0 radical (unpaired) electrons. The maximum absolute atomic E-state index is 12.1. The molecular weight excluding hydrogens is 304 g/mol. The summed E-state index contributed by atoms with van der Waals surface area (Å²) >= 11 is 7.50. The zero-order chi connectivity index (χ0) is 14.8. The van der Waals surface area contributed by atoms with Crippen LogP contribution in [0.25, 0.3) is 10.9 Å². The van der Waals surface area contributed by atoms with Crippen LogP contribution in [-0.2, 0) is 6.54 Å². The lowest BCUT2D eigenvalue weighted by Gasteiger charge is -2.12. The SMILES string of the molecule is CC(NCc1cc2ccccc2[nH]c1=O)c1ccc(Cl)s1. The van der Waals surface area contributed by atoms with Gasteiger partial charge in [0.1, 0.15) is 0 Å². The van der Waals surface area contributed by atoms with E-state index in [1.165, 1.54) is 0 Å². The Morgan fingerprint density at radius 1 is 1.29 bits per heavy atom. The minimum Gasteiger partial charge on any atom is -0.322 e. The van der Waals surface area contributed by atoms with E-state index in [-0.39, 0.29) is 11.6 Å². The number of hydrogen-bond acceptors (Lipinski definition) is 3. The lowest BCUT2D eigenvalue weighted by Crippen LogP contribution is -2.23. The zero-order valence-corrected chi connectivity index (χ0v) is 13.1. The molecule has 0 spiro atoms. The number of halogens is 1. The van der Waals surface area contributed by atoms with Gasteiger partial charge in [-0.05, 0) is 36.6 Å². The number of hydrogen-bond donors (Lipinski definition) is 2. The number of nitrogens with one attached hydrogen (secondary N) is 2. The second-order valence-corrected chi connectivity index (χ2v) is 6.70. The molecule has 108 valence electrons. The van der Waals surface area contributed by atoms with E-state index in [1.807, 2.05) is 42.5 Å². The Morgan fingerprint density at radius 2 is 2.10 bits per heavy atom. The van der Waals surface area contributed by atoms with Gasteiger partial charge in [0.15, 0.2) is 0 Å². The van der Waals surface area contributed by atoms with Gasteiger partial charge in [-0.25, -0.2) is 0 Å². The van der Waals surface area contributed by atoms with Gasteiger partial charge in [0.25, 0.3) is 5.56 Å².